The fraction of sp³-hybridized carbons (Fsp3) is 0.370. The maximum atomic E-state index is 13.1. The molecule has 0 bridgehead atoms. The zero-order chi connectivity index (χ0) is 30.7. The molecule has 226 valence electrons. The van der Waals surface area contributed by atoms with Gasteiger partial charge < -0.3 is 25.2 Å². The Balaban J connectivity index is 1.45. The molecular formula is C27H29F3N4O7S. The molecule has 1 saturated heterocycles. The molecule has 0 atom stereocenters. The number of carbonyl (C=O) groups is 2. The number of aliphatic hydroxyl groups is 2. The van der Waals surface area contributed by atoms with Gasteiger partial charge in [0.2, 0.25) is 10.0 Å². The van der Waals surface area contributed by atoms with Crippen molar-refractivity contribution in [1.29, 1.82) is 0 Å². The number of halogens is 3. The van der Waals surface area contributed by atoms with Crippen molar-refractivity contribution in [2.24, 2.45) is 4.99 Å². The summed E-state index contributed by atoms with van der Waals surface area (Å²) >= 11 is 0. The molecule has 0 saturated carbocycles. The van der Waals surface area contributed by atoms with Crippen LogP contribution in [-0.2, 0) is 19.6 Å². The SMILES string of the molecule is Cc1cc(N(CCO)C(=O)CO)ccc1/C=C/S(=O)(=O)N1CCC2(CC1)N=C(c1cccc(OC(F)(F)F)c1)NC2=O. The zero-order valence-corrected chi connectivity index (χ0v) is 23.3. The Labute approximate surface area is 240 Å². The number of amidine groups is 1. The minimum atomic E-state index is -4.88. The lowest BCUT2D eigenvalue weighted by molar-refractivity contribution is -0.274. The van der Waals surface area contributed by atoms with Crippen molar-refractivity contribution in [2.75, 3.05) is 37.7 Å². The molecule has 42 heavy (non-hydrogen) atoms. The van der Waals surface area contributed by atoms with E-state index in [9.17, 15) is 41.4 Å². The summed E-state index contributed by atoms with van der Waals surface area (Å²) in [4.78, 5) is 30.5. The number of amides is 2. The van der Waals surface area contributed by atoms with Crippen LogP contribution in [0.25, 0.3) is 6.08 Å². The van der Waals surface area contributed by atoms with Crippen LogP contribution in [-0.4, -0.2) is 85.3 Å². The van der Waals surface area contributed by atoms with Crippen LogP contribution < -0.4 is 15.0 Å². The smallest absolute Gasteiger partial charge is 0.406 e. The topological polar surface area (TPSA) is 149 Å². The Kier molecular flexibility index (Phi) is 9.06. The molecule has 2 aromatic carbocycles. The van der Waals surface area contributed by atoms with E-state index < -0.39 is 46.1 Å². The summed E-state index contributed by atoms with van der Waals surface area (Å²) in [7, 11) is -3.88. The molecule has 15 heteroatoms. The first-order chi connectivity index (χ1) is 19.8. The summed E-state index contributed by atoms with van der Waals surface area (Å²) in [6.07, 6.45) is -3.32. The number of benzene rings is 2. The van der Waals surface area contributed by atoms with E-state index in [4.69, 9.17) is 0 Å². The number of hydrogen-bond donors (Lipinski definition) is 3. The highest BCUT2D eigenvalue weighted by molar-refractivity contribution is 7.92. The number of nitrogens with one attached hydrogen (secondary N) is 1. The number of nitrogens with zero attached hydrogens (tertiary/aromatic N) is 3. The molecule has 2 aliphatic heterocycles. The van der Waals surface area contributed by atoms with Crippen molar-refractivity contribution in [3.05, 3.63) is 64.6 Å². The van der Waals surface area contributed by atoms with Gasteiger partial charge in [-0.25, -0.2) is 8.42 Å². The highest BCUT2D eigenvalue weighted by Crippen LogP contribution is 2.33. The summed E-state index contributed by atoms with van der Waals surface area (Å²) in [6, 6.07) is 9.89. The van der Waals surface area contributed by atoms with E-state index in [1.165, 1.54) is 27.4 Å². The summed E-state index contributed by atoms with van der Waals surface area (Å²) in [5.41, 5.74) is 0.639. The highest BCUT2D eigenvalue weighted by Gasteiger charge is 2.47. The third kappa shape index (κ3) is 6.98. The van der Waals surface area contributed by atoms with Gasteiger partial charge in [-0.2, -0.15) is 4.31 Å². The van der Waals surface area contributed by atoms with E-state index in [0.29, 0.717) is 16.8 Å². The predicted molar refractivity (Wildman–Crippen MR) is 147 cm³/mol. The van der Waals surface area contributed by atoms with Crippen LogP contribution in [0, 0.1) is 6.92 Å². The van der Waals surface area contributed by atoms with E-state index in [0.717, 1.165) is 17.5 Å². The van der Waals surface area contributed by atoms with E-state index in [1.54, 1.807) is 25.1 Å². The van der Waals surface area contributed by atoms with Crippen LogP contribution in [0.4, 0.5) is 18.9 Å². The van der Waals surface area contributed by atoms with Crippen molar-refractivity contribution >= 4 is 39.4 Å². The third-order valence-electron chi connectivity index (χ3n) is 6.98. The van der Waals surface area contributed by atoms with Crippen molar-refractivity contribution in [3.63, 3.8) is 0 Å². The largest absolute Gasteiger partial charge is 0.573 e. The van der Waals surface area contributed by atoms with Crippen LogP contribution in [0.15, 0.2) is 52.9 Å². The summed E-state index contributed by atoms with van der Waals surface area (Å²) in [5, 5.41) is 22.1. The van der Waals surface area contributed by atoms with Gasteiger partial charge in [0, 0.05) is 36.3 Å². The van der Waals surface area contributed by atoms with Gasteiger partial charge in [-0.15, -0.1) is 13.2 Å². The first kappa shape index (κ1) is 31.2. The van der Waals surface area contributed by atoms with Crippen LogP contribution in [0.3, 0.4) is 0 Å². The molecule has 0 radical (unpaired) electrons. The minimum Gasteiger partial charge on any atom is -0.406 e. The average molecular weight is 611 g/mol. The van der Waals surface area contributed by atoms with E-state index in [2.05, 4.69) is 15.0 Å². The number of aliphatic imine (C=N–C) groups is 1. The number of piperidine rings is 1. The summed E-state index contributed by atoms with van der Waals surface area (Å²) < 4.78 is 69.1. The first-order valence-electron chi connectivity index (χ1n) is 12.9. The van der Waals surface area contributed by atoms with Gasteiger partial charge in [0.15, 0.2) is 0 Å². The molecule has 2 aliphatic rings. The Morgan fingerprint density at radius 1 is 1.19 bits per heavy atom. The fourth-order valence-electron chi connectivity index (χ4n) is 4.79. The number of aliphatic hydroxyl groups excluding tert-OH is 2. The molecular weight excluding hydrogens is 581 g/mol. The summed E-state index contributed by atoms with van der Waals surface area (Å²) in [6.45, 7) is 0.660. The number of ether oxygens (including phenoxy) is 1. The maximum absolute atomic E-state index is 13.1. The fourth-order valence-corrected chi connectivity index (χ4v) is 5.97. The molecule has 2 aromatic rings. The number of hydrogen-bond acceptors (Lipinski definition) is 8. The molecule has 4 rings (SSSR count). The van der Waals surface area contributed by atoms with Gasteiger partial charge in [0.1, 0.15) is 23.7 Å². The van der Waals surface area contributed by atoms with Crippen molar-refractivity contribution in [2.45, 2.75) is 31.7 Å². The second-order valence-corrected chi connectivity index (χ2v) is 11.6. The molecule has 0 unspecified atom stereocenters. The highest BCUT2D eigenvalue weighted by atomic mass is 32.2. The van der Waals surface area contributed by atoms with Gasteiger partial charge in [0.05, 0.1) is 6.61 Å². The van der Waals surface area contributed by atoms with Crippen molar-refractivity contribution in [1.82, 2.24) is 9.62 Å². The second-order valence-electron chi connectivity index (χ2n) is 9.74. The third-order valence-corrected chi connectivity index (χ3v) is 8.54. The van der Waals surface area contributed by atoms with Crippen LogP contribution in [0.2, 0.25) is 0 Å². The van der Waals surface area contributed by atoms with Gasteiger partial charge >= 0.3 is 6.36 Å². The van der Waals surface area contributed by atoms with Crippen LogP contribution in [0.1, 0.15) is 29.5 Å². The molecule has 1 fully saturated rings. The molecule has 0 aromatic heterocycles. The standard InChI is InChI=1S/C27H29F3N4O7S/c1-18-15-21(34(12-13-35)23(37)17-36)6-5-19(18)7-14-42(39,40)33-10-8-26(9-11-33)25(38)31-24(32-26)20-3-2-4-22(16-20)41-27(28,29)30/h2-7,14-16,35-36H,8-13,17H2,1H3,(H,31,32,38)/b14-7+. The Hall–Kier alpha value is -3.79. The molecule has 2 heterocycles. The van der Waals surface area contributed by atoms with Gasteiger partial charge in [-0.3, -0.25) is 14.6 Å². The van der Waals surface area contributed by atoms with Crippen LogP contribution >= 0.6 is 0 Å². The molecule has 11 nitrogen and oxygen atoms in total. The lowest BCUT2D eigenvalue weighted by Gasteiger charge is -2.34. The van der Waals surface area contributed by atoms with E-state index in [1.807, 2.05) is 0 Å². The van der Waals surface area contributed by atoms with E-state index >= 15 is 0 Å². The maximum Gasteiger partial charge on any atom is 0.573 e. The zero-order valence-electron chi connectivity index (χ0n) is 22.5. The normalized spacial score (nSPS) is 17.4. The monoisotopic (exact) mass is 610 g/mol. The Morgan fingerprint density at radius 2 is 1.90 bits per heavy atom. The summed E-state index contributed by atoms with van der Waals surface area (Å²) in [5.74, 6) is -1.43. The second kappa shape index (κ2) is 12.2. The Morgan fingerprint density at radius 3 is 2.52 bits per heavy atom. The van der Waals surface area contributed by atoms with Gasteiger partial charge in [0.25, 0.3) is 11.8 Å². The average Bonchev–Trinajstić information content (AvgIpc) is 3.25. The van der Waals surface area contributed by atoms with Crippen molar-refractivity contribution < 1.29 is 46.1 Å². The quantitative estimate of drug-likeness (QED) is 0.393. The lowest BCUT2D eigenvalue weighted by Crippen LogP contribution is -2.50. The van der Waals surface area contributed by atoms with E-state index in [-0.39, 0.29) is 50.5 Å². The first-order valence-corrected chi connectivity index (χ1v) is 14.4. The van der Waals surface area contributed by atoms with Gasteiger partial charge in [-0.05, 0) is 61.2 Å². The molecule has 3 N–H and O–H groups in total. The van der Waals surface area contributed by atoms with Crippen molar-refractivity contribution in [3.8, 4) is 5.75 Å². The minimum absolute atomic E-state index is 0.00852. The molecule has 0 aliphatic carbocycles. The Bertz CT molecular complexity index is 1520. The molecule has 1 spiro atoms. The number of anilines is 1. The van der Waals surface area contributed by atoms with Crippen LogP contribution in [0.5, 0.6) is 5.75 Å². The number of alkyl halides is 3. The predicted octanol–water partition coefficient (Wildman–Crippen LogP) is 1.92. The lowest BCUT2D eigenvalue weighted by atomic mass is 9.89. The number of carbonyl (C=O) groups excluding carboxylic acids is 2. The number of sulfonamides is 1. The number of rotatable bonds is 9. The number of aryl methyl sites for hydroxylation is 1. The molecule has 2 amide bonds. The van der Waals surface area contributed by atoms with Gasteiger partial charge in [-0.1, -0.05) is 18.2 Å².